The molecule has 0 amide bonds. The second-order valence-electron chi connectivity index (χ2n) is 7.98. The van der Waals surface area contributed by atoms with Crippen molar-refractivity contribution < 1.29 is 0 Å². The van der Waals surface area contributed by atoms with Crippen molar-refractivity contribution in [3.8, 4) is 34.9 Å². The molecule has 0 aliphatic carbocycles. The number of tetrazole rings is 1. The Kier molecular flexibility index (Phi) is 5.04. The van der Waals surface area contributed by atoms with E-state index in [9.17, 15) is 0 Å². The van der Waals surface area contributed by atoms with Crippen molar-refractivity contribution in [1.82, 2.24) is 30.6 Å². The summed E-state index contributed by atoms with van der Waals surface area (Å²) in [6.45, 7) is 2.08. The predicted octanol–water partition coefficient (Wildman–Crippen LogP) is 3.83. The van der Waals surface area contributed by atoms with Gasteiger partial charge >= 0.3 is 0 Å². The topological polar surface area (TPSA) is 73.3 Å². The number of terminal acetylenes is 1. The first kappa shape index (κ1) is 19.8. The molecule has 0 bridgehead atoms. The van der Waals surface area contributed by atoms with Gasteiger partial charge in [-0.2, -0.15) is 5.21 Å². The highest BCUT2D eigenvalue weighted by Crippen LogP contribution is 2.32. The van der Waals surface area contributed by atoms with E-state index in [1.54, 1.807) is 0 Å². The van der Waals surface area contributed by atoms with Crippen LogP contribution in [-0.2, 0) is 6.42 Å². The van der Waals surface area contributed by atoms with Crippen LogP contribution in [0.25, 0.3) is 22.5 Å². The average Bonchev–Trinajstić information content (AvgIpc) is 3.43. The van der Waals surface area contributed by atoms with Crippen LogP contribution in [0.1, 0.15) is 18.9 Å². The van der Waals surface area contributed by atoms with Gasteiger partial charge in [0.05, 0.1) is 11.8 Å². The zero-order valence-corrected chi connectivity index (χ0v) is 18.0. The second-order valence-corrected chi connectivity index (χ2v) is 7.98. The summed E-state index contributed by atoms with van der Waals surface area (Å²) < 4.78 is 0. The number of aromatic amines is 1. The molecule has 3 aromatic rings. The number of aliphatic imine (C=N–C) groups is 1. The van der Waals surface area contributed by atoms with Crippen LogP contribution in [-0.4, -0.2) is 49.4 Å². The summed E-state index contributed by atoms with van der Waals surface area (Å²) >= 11 is 0. The van der Waals surface area contributed by atoms with E-state index < -0.39 is 0 Å². The minimum atomic E-state index is 0.101. The van der Waals surface area contributed by atoms with Crippen LogP contribution >= 0.6 is 0 Å². The van der Waals surface area contributed by atoms with E-state index in [1.165, 1.54) is 11.1 Å². The quantitative estimate of drug-likeness (QED) is 0.634. The lowest BCUT2D eigenvalue weighted by Crippen LogP contribution is -2.45. The van der Waals surface area contributed by atoms with Crippen LogP contribution in [0.5, 0.6) is 0 Å². The first-order chi connectivity index (χ1) is 15.6. The molecule has 2 aromatic carbocycles. The molecule has 0 saturated heterocycles. The lowest BCUT2D eigenvalue weighted by molar-refractivity contribution is 0.0709. The van der Waals surface area contributed by atoms with Crippen molar-refractivity contribution in [2.75, 3.05) is 7.05 Å². The lowest BCUT2D eigenvalue weighted by atomic mass is 9.95. The van der Waals surface area contributed by atoms with Crippen LogP contribution in [0.4, 0.5) is 0 Å². The second kappa shape index (κ2) is 8.16. The highest BCUT2D eigenvalue weighted by molar-refractivity contribution is 5.94. The largest absolute Gasteiger partial charge is 0.293 e. The minimum absolute atomic E-state index is 0.101. The van der Waals surface area contributed by atoms with Crippen LogP contribution in [0.3, 0.4) is 0 Å². The van der Waals surface area contributed by atoms with Gasteiger partial charge in [0, 0.05) is 31.7 Å². The van der Waals surface area contributed by atoms with Crippen LogP contribution in [0, 0.1) is 12.3 Å². The van der Waals surface area contributed by atoms with E-state index in [0.29, 0.717) is 12.2 Å². The standard InChI is InChI=1S/C25H23N7/c1-4-7-22-23(32-24(26-22)14-17(2)16-31(32)3)15-18-10-12-19(13-11-18)20-8-5-6-9-21(20)25-27-29-30-28-25/h1,5-6,8-14,16,23H,7,15H2,2-3H3,(H,27,28,29,30). The molecule has 0 fully saturated rings. The molecule has 1 aromatic heterocycles. The summed E-state index contributed by atoms with van der Waals surface area (Å²) in [5, 5.41) is 18.8. The molecule has 0 spiro atoms. The summed E-state index contributed by atoms with van der Waals surface area (Å²) in [4.78, 5) is 4.84. The van der Waals surface area contributed by atoms with Crippen molar-refractivity contribution in [2.45, 2.75) is 25.8 Å². The summed E-state index contributed by atoms with van der Waals surface area (Å²) in [6, 6.07) is 16.8. The third-order valence-corrected chi connectivity index (χ3v) is 5.75. The van der Waals surface area contributed by atoms with Gasteiger partial charge in [-0.15, -0.1) is 22.5 Å². The highest BCUT2D eigenvalue weighted by atomic mass is 15.7. The van der Waals surface area contributed by atoms with Gasteiger partial charge in [-0.25, -0.2) is 4.99 Å². The Balaban J connectivity index is 1.42. The Bertz CT molecular complexity index is 1260. The third-order valence-electron chi connectivity index (χ3n) is 5.75. The Labute approximate surface area is 187 Å². The molecular weight excluding hydrogens is 398 g/mol. The van der Waals surface area contributed by atoms with Crippen molar-refractivity contribution in [3.63, 3.8) is 0 Å². The van der Waals surface area contributed by atoms with E-state index in [4.69, 9.17) is 11.4 Å². The molecule has 32 heavy (non-hydrogen) atoms. The van der Waals surface area contributed by atoms with Gasteiger partial charge in [0.25, 0.3) is 0 Å². The van der Waals surface area contributed by atoms with Crippen molar-refractivity contribution in [1.29, 1.82) is 0 Å². The van der Waals surface area contributed by atoms with E-state index in [2.05, 4.69) is 93.1 Å². The number of allylic oxidation sites excluding steroid dienone is 2. The van der Waals surface area contributed by atoms with E-state index in [0.717, 1.165) is 34.6 Å². The number of hydrogen-bond acceptors (Lipinski definition) is 6. The molecule has 1 unspecified atom stereocenters. The number of nitrogens with zero attached hydrogens (tertiary/aromatic N) is 6. The molecule has 7 heteroatoms. The first-order valence-electron chi connectivity index (χ1n) is 10.5. The van der Waals surface area contributed by atoms with Gasteiger partial charge in [-0.05, 0) is 40.5 Å². The lowest BCUT2D eigenvalue weighted by Gasteiger charge is -2.37. The summed E-state index contributed by atoms with van der Waals surface area (Å²) in [6.07, 6.45) is 11.2. The first-order valence-corrected chi connectivity index (χ1v) is 10.5. The van der Waals surface area contributed by atoms with E-state index in [1.807, 2.05) is 18.2 Å². The number of aromatic nitrogens is 4. The molecule has 3 heterocycles. The van der Waals surface area contributed by atoms with Gasteiger partial charge in [0.1, 0.15) is 5.82 Å². The van der Waals surface area contributed by atoms with Gasteiger partial charge in [-0.1, -0.05) is 48.5 Å². The Morgan fingerprint density at radius 3 is 2.59 bits per heavy atom. The number of nitrogens with one attached hydrogen (secondary N) is 1. The molecule has 1 N–H and O–H groups in total. The van der Waals surface area contributed by atoms with Gasteiger partial charge in [0.2, 0.25) is 5.82 Å². The zero-order chi connectivity index (χ0) is 22.1. The van der Waals surface area contributed by atoms with Crippen LogP contribution in [0.2, 0.25) is 0 Å². The van der Waals surface area contributed by atoms with E-state index >= 15 is 0 Å². The number of H-pyrrole nitrogens is 1. The number of rotatable bonds is 5. The van der Waals surface area contributed by atoms with Gasteiger partial charge < -0.3 is 0 Å². The monoisotopic (exact) mass is 421 g/mol. The molecule has 2 aliphatic heterocycles. The summed E-state index contributed by atoms with van der Waals surface area (Å²) in [5.74, 6) is 4.31. The fourth-order valence-corrected chi connectivity index (χ4v) is 4.37. The molecular formula is C25H23N7. The number of hydrazine groups is 1. The minimum Gasteiger partial charge on any atom is -0.293 e. The third kappa shape index (κ3) is 3.56. The Morgan fingerprint density at radius 1 is 1.09 bits per heavy atom. The Hall–Kier alpha value is -4.18. The number of hydrogen-bond donors (Lipinski definition) is 1. The SMILES string of the molecule is C#CCC1=NC2=CC(C)=CN(C)N2C1Cc1ccc(-c2ccccc2-c2nn[nH]n2)cc1. The molecule has 1 atom stereocenters. The van der Waals surface area contributed by atoms with Crippen LogP contribution < -0.4 is 0 Å². The molecule has 0 saturated carbocycles. The Morgan fingerprint density at radius 2 is 1.88 bits per heavy atom. The maximum atomic E-state index is 5.64. The fourth-order valence-electron chi connectivity index (χ4n) is 4.37. The van der Waals surface area contributed by atoms with Crippen molar-refractivity contribution in [3.05, 3.63) is 77.8 Å². The maximum Gasteiger partial charge on any atom is 0.205 e. The van der Waals surface area contributed by atoms with Crippen molar-refractivity contribution in [2.24, 2.45) is 4.99 Å². The molecule has 5 rings (SSSR count). The van der Waals surface area contributed by atoms with Crippen LogP contribution in [0.15, 0.2) is 77.2 Å². The molecule has 2 aliphatic rings. The average molecular weight is 422 g/mol. The zero-order valence-electron chi connectivity index (χ0n) is 18.0. The maximum absolute atomic E-state index is 5.64. The molecule has 158 valence electrons. The number of benzene rings is 2. The van der Waals surface area contributed by atoms with Gasteiger partial charge in [-0.3, -0.25) is 10.0 Å². The highest BCUT2D eigenvalue weighted by Gasteiger charge is 2.35. The normalized spacial score (nSPS) is 17.4. The smallest absolute Gasteiger partial charge is 0.205 e. The van der Waals surface area contributed by atoms with E-state index in [-0.39, 0.29) is 6.04 Å². The predicted molar refractivity (Wildman–Crippen MR) is 125 cm³/mol. The van der Waals surface area contributed by atoms with Crippen molar-refractivity contribution >= 4 is 5.71 Å². The van der Waals surface area contributed by atoms with Gasteiger partial charge in [0.15, 0.2) is 0 Å². The summed E-state index contributed by atoms with van der Waals surface area (Å²) in [7, 11) is 2.05. The summed E-state index contributed by atoms with van der Waals surface area (Å²) in [5.41, 5.74) is 6.54. The molecule has 0 radical (unpaired) electrons. The number of fused-ring (bicyclic) bond motifs is 1. The fraction of sp³-hybridized carbons (Fsp3) is 0.200. The molecule has 7 nitrogen and oxygen atoms in total.